The highest BCUT2D eigenvalue weighted by atomic mass is 32.2. The summed E-state index contributed by atoms with van der Waals surface area (Å²) in [5.74, 6) is 0. The van der Waals surface area contributed by atoms with Gasteiger partial charge in [0, 0.05) is 20.1 Å². The van der Waals surface area contributed by atoms with E-state index in [-0.39, 0.29) is 23.1 Å². The SMILES string of the molecule is CCc1cc(C)ccc1S(=O)(=O)OC1CCC(NC(=O)N(C)C)CC1. The summed E-state index contributed by atoms with van der Waals surface area (Å²) in [6.45, 7) is 3.88. The Bertz CT molecular complexity index is 708. The molecule has 2 rings (SSSR count). The largest absolute Gasteiger partial charge is 0.335 e. The van der Waals surface area contributed by atoms with Crippen LogP contribution in [0.15, 0.2) is 23.1 Å². The number of carbonyl (C=O) groups is 1. The van der Waals surface area contributed by atoms with Crippen LogP contribution in [0.4, 0.5) is 4.79 Å². The molecule has 6 nitrogen and oxygen atoms in total. The zero-order chi connectivity index (χ0) is 18.6. The number of hydrogen-bond donors (Lipinski definition) is 1. The summed E-state index contributed by atoms with van der Waals surface area (Å²) in [6.07, 6.45) is 2.98. The van der Waals surface area contributed by atoms with E-state index in [2.05, 4.69) is 5.32 Å². The third-order valence-corrected chi connectivity index (χ3v) is 6.00. The number of rotatable bonds is 5. The molecule has 0 bridgehead atoms. The first-order valence-electron chi connectivity index (χ1n) is 8.73. The van der Waals surface area contributed by atoms with E-state index in [0.717, 1.165) is 11.1 Å². The lowest BCUT2D eigenvalue weighted by Crippen LogP contribution is -2.44. The van der Waals surface area contributed by atoms with Gasteiger partial charge < -0.3 is 10.2 Å². The van der Waals surface area contributed by atoms with Gasteiger partial charge in [-0.15, -0.1) is 0 Å². The van der Waals surface area contributed by atoms with Gasteiger partial charge in [0.15, 0.2) is 0 Å². The van der Waals surface area contributed by atoms with Gasteiger partial charge >= 0.3 is 6.03 Å². The van der Waals surface area contributed by atoms with Gasteiger partial charge in [0.1, 0.15) is 0 Å². The van der Waals surface area contributed by atoms with E-state index in [1.807, 2.05) is 19.9 Å². The van der Waals surface area contributed by atoms with Crippen molar-refractivity contribution < 1.29 is 17.4 Å². The Morgan fingerprint density at radius 3 is 2.44 bits per heavy atom. The first kappa shape index (κ1) is 19.7. The first-order valence-corrected chi connectivity index (χ1v) is 10.1. The number of nitrogens with zero attached hydrogens (tertiary/aromatic N) is 1. The Balaban J connectivity index is 1.98. The van der Waals surface area contributed by atoms with E-state index in [0.29, 0.717) is 32.1 Å². The standard InChI is InChI=1S/C18H28N2O4S/c1-5-14-12-13(2)6-11-17(14)25(22,23)24-16-9-7-15(8-10-16)19-18(21)20(3)4/h6,11-12,15-16H,5,7-10H2,1-4H3,(H,19,21). The zero-order valence-corrected chi connectivity index (χ0v) is 16.2. The van der Waals surface area contributed by atoms with E-state index >= 15 is 0 Å². The minimum absolute atomic E-state index is 0.0723. The van der Waals surface area contributed by atoms with E-state index < -0.39 is 10.1 Å². The zero-order valence-electron chi connectivity index (χ0n) is 15.4. The second-order valence-electron chi connectivity index (χ2n) is 6.83. The molecule has 0 radical (unpaired) electrons. The molecule has 1 aliphatic carbocycles. The number of urea groups is 1. The fourth-order valence-electron chi connectivity index (χ4n) is 3.07. The molecule has 0 saturated heterocycles. The van der Waals surface area contributed by atoms with Crippen LogP contribution in [0, 0.1) is 6.92 Å². The van der Waals surface area contributed by atoms with Gasteiger partial charge in [-0.2, -0.15) is 8.42 Å². The summed E-state index contributed by atoms with van der Waals surface area (Å²) in [4.78, 5) is 13.5. The van der Waals surface area contributed by atoms with Crippen LogP contribution in [-0.4, -0.2) is 45.6 Å². The van der Waals surface area contributed by atoms with Crippen LogP contribution in [0.2, 0.25) is 0 Å². The number of nitrogens with one attached hydrogen (secondary N) is 1. The van der Waals surface area contributed by atoms with Crippen molar-refractivity contribution in [3.8, 4) is 0 Å². The molecule has 140 valence electrons. The van der Waals surface area contributed by atoms with Crippen LogP contribution >= 0.6 is 0 Å². The average molecular weight is 368 g/mol. The van der Waals surface area contributed by atoms with E-state index in [9.17, 15) is 13.2 Å². The normalized spacial score (nSPS) is 21.0. The average Bonchev–Trinajstić information content (AvgIpc) is 2.55. The Labute approximate surface area is 150 Å². The molecule has 1 N–H and O–H groups in total. The summed E-state index contributed by atoms with van der Waals surface area (Å²) >= 11 is 0. The Hall–Kier alpha value is -1.60. The molecule has 2 amide bonds. The lowest BCUT2D eigenvalue weighted by Gasteiger charge is -2.29. The van der Waals surface area contributed by atoms with Crippen LogP contribution in [0.5, 0.6) is 0 Å². The van der Waals surface area contributed by atoms with Gasteiger partial charge in [0.05, 0.1) is 11.0 Å². The van der Waals surface area contributed by atoms with Crippen molar-refractivity contribution in [3.05, 3.63) is 29.3 Å². The monoisotopic (exact) mass is 368 g/mol. The maximum absolute atomic E-state index is 12.6. The predicted octanol–water partition coefficient (Wildman–Crippen LogP) is 2.85. The van der Waals surface area contributed by atoms with Gasteiger partial charge in [-0.1, -0.05) is 24.6 Å². The fraction of sp³-hybridized carbons (Fsp3) is 0.611. The van der Waals surface area contributed by atoms with Crippen LogP contribution in [0.1, 0.15) is 43.7 Å². The Morgan fingerprint density at radius 1 is 1.24 bits per heavy atom. The molecule has 1 aromatic carbocycles. The molecule has 1 fully saturated rings. The minimum atomic E-state index is -3.77. The maximum Gasteiger partial charge on any atom is 0.317 e. The van der Waals surface area contributed by atoms with Gasteiger partial charge in [-0.3, -0.25) is 4.18 Å². The topological polar surface area (TPSA) is 75.7 Å². The second kappa shape index (κ2) is 8.19. The molecule has 0 aromatic heterocycles. The third-order valence-electron chi connectivity index (χ3n) is 4.54. The lowest BCUT2D eigenvalue weighted by atomic mass is 9.93. The van der Waals surface area contributed by atoms with Crippen LogP contribution < -0.4 is 5.32 Å². The van der Waals surface area contributed by atoms with Crippen molar-refractivity contribution in [2.45, 2.75) is 63.0 Å². The minimum Gasteiger partial charge on any atom is -0.335 e. The van der Waals surface area contributed by atoms with E-state index in [1.165, 1.54) is 4.90 Å². The van der Waals surface area contributed by atoms with Crippen molar-refractivity contribution in [2.75, 3.05) is 14.1 Å². The van der Waals surface area contributed by atoms with Crippen LogP contribution in [0.3, 0.4) is 0 Å². The molecule has 25 heavy (non-hydrogen) atoms. The van der Waals surface area contributed by atoms with Gasteiger partial charge in [-0.05, 0) is 50.7 Å². The molecule has 1 saturated carbocycles. The van der Waals surface area contributed by atoms with Gasteiger partial charge in [-0.25, -0.2) is 4.79 Å². The number of aryl methyl sites for hydroxylation is 2. The number of hydrogen-bond acceptors (Lipinski definition) is 4. The van der Waals surface area contributed by atoms with Crippen molar-refractivity contribution in [1.29, 1.82) is 0 Å². The summed E-state index contributed by atoms with van der Waals surface area (Å²) in [5, 5.41) is 2.94. The number of amides is 2. The number of carbonyl (C=O) groups excluding carboxylic acids is 1. The third kappa shape index (κ3) is 5.19. The van der Waals surface area contributed by atoms with E-state index in [1.54, 1.807) is 26.2 Å². The van der Waals surface area contributed by atoms with Gasteiger partial charge in [0.25, 0.3) is 10.1 Å². The molecular formula is C18H28N2O4S. The molecule has 1 aliphatic rings. The highest BCUT2D eigenvalue weighted by Gasteiger charge is 2.29. The van der Waals surface area contributed by atoms with Crippen molar-refractivity contribution >= 4 is 16.1 Å². The number of benzene rings is 1. The molecular weight excluding hydrogens is 340 g/mol. The van der Waals surface area contributed by atoms with Crippen LogP contribution in [-0.2, 0) is 20.7 Å². The predicted molar refractivity (Wildman–Crippen MR) is 97.1 cm³/mol. The van der Waals surface area contributed by atoms with Crippen LogP contribution in [0.25, 0.3) is 0 Å². The maximum atomic E-state index is 12.6. The van der Waals surface area contributed by atoms with Gasteiger partial charge in [0.2, 0.25) is 0 Å². The highest BCUT2D eigenvalue weighted by molar-refractivity contribution is 7.86. The molecule has 0 atom stereocenters. The molecule has 0 aliphatic heterocycles. The smallest absolute Gasteiger partial charge is 0.317 e. The Morgan fingerprint density at radius 2 is 1.88 bits per heavy atom. The summed E-state index contributed by atoms with van der Waals surface area (Å²) in [7, 11) is -0.373. The molecule has 0 unspecified atom stereocenters. The van der Waals surface area contributed by atoms with Crippen molar-refractivity contribution in [1.82, 2.24) is 10.2 Å². The molecule has 1 aromatic rings. The first-order chi connectivity index (χ1) is 11.7. The quantitative estimate of drug-likeness (QED) is 0.811. The molecule has 0 spiro atoms. The highest BCUT2D eigenvalue weighted by Crippen LogP contribution is 2.27. The summed E-state index contributed by atoms with van der Waals surface area (Å²) in [5.41, 5.74) is 1.82. The lowest BCUT2D eigenvalue weighted by molar-refractivity contribution is 0.144. The second-order valence-corrected chi connectivity index (χ2v) is 8.37. The Kier molecular flexibility index (Phi) is 6.46. The summed E-state index contributed by atoms with van der Waals surface area (Å²) in [6, 6.07) is 5.27. The molecule has 0 heterocycles. The van der Waals surface area contributed by atoms with E-state index in [4.69, 9.17) is 4.18 Å². The van der Waals surface area contributed by atoms with Crippen molar-refractivity contribution in [2.24, 2.45) is 0 Å². The van der Waals surface area contributed by atoms with Crippen molar-refractivity contribution in [3.63, 3.8) is 0 Å². The summed E-state index contributed by atoms with van der Waals surface area (Å²) < 4.78 is 30.8. The fourth-order valence-corrected chi connectivity index (χ4v) is 4.48. The molecule has 7 heteroatoms.